The fourth-order valence-electron chi connectivity index (χ4n) is 9.22. The zero-order valence-electron chi connectivity index (χ0n) is 39.2. The number of hydrogen-bond acceptors (Lipinski definition) is 14. The maximum atomic E-state index is 13.0. The van der Waals surface area contributed by atoms with Crippen LogP contribution in [0.15, 0.2) is 155 Å². The van der Waals surface area contributed by atoms with Crippen molar-refractivity contribution in [3.05, 3.63) is 193 Å². The Morgan fingerprint density at radius 3 is 1.87 bits per heavy atom. The van der Waals surface area contributed by atoms with E-state index < -0.39 is 46.0 Å². The molecule has 0 spiro atoms. The number of hydrogen-bond donors (Lipinski definition) is 1. The number of quaternary nitrogens is 1. The van der Waals surface area contributed by atoms with Crippen molar-refractivity contribution in [1.29, 1.82) is 0 Å². The first-order chi connectivity index (χ1) is 34.3. The van der Waals surface area contributed by atoms with Crippen molar-refractivity contribution in [3.8, 4) is 22.5 Å². The first-order valence-corrected chi connectivity index (χ1v) is 23.3. The number of amidine groups is 1. The molecule has 0 radical (unpaired) electrons. The summed E-state index contributed by atoms with van der Waals surface area (Å²) in [5.74, 6) is -1.00. The van der Waals surface area contributed by atoms with Gasteiger partial charge < -0.3 is 24.3 Å². The van der Waals surface area contributed by atoms with Crippen LogP contribution in [-0.4, -0.2) is 89.9 Å². The zero-order chi connectivity index (χ0) is 50.5. The van der Waals surface area contributed by atoms with Gasteiger partial charge in [0.1, 0.15) is 37.4 Å². The molecule has 20 heteroatoms. The smallest absolute Gasteiger partial charge is 0.474 e. The van der Waals surface area contributed by atoms with Gasteiger partial charge >= 0.3 is 12.1 Å². The Hall–Kier alpha value is -8.03. The van der Waals surface area contributed by atoms with Crippen LogP contribution in [0.25, 0.3) is 22.5 Å². The Labute approximate surface area is 413 Å². The van der Waals surface area contributed by atoms with Crippen LogP contribution in [0.3, 0.4) is 0 Å². The highest BCUT2D eigenvalue weighted by molar-refractivity contribution is 6.32. The molecule has 6 aromatic rings. The van der Waals surface area contributed by atoms with Gasteiger partial charge in [-0.15, -0.1) is 25.3 Å². The van der Waals surface area contributed by atoms with Gasteiger partial charge in [0, 0.05) is 17.5 Å². The van der Waals surface area contributed by atoms with Crippen molar-refractivity contribution >= 4 is 29.6 Å². The lowest BCUT2D eigenvalue weighted by Gasteiger charge is -2.36. The standard InChI is InChI=1S/C51H51ClN8O11/c1-4-5-25-44-53-47(52)45(49(61)62)60(44,31-33-69-50(63)68-32-30-35(2)46(71-59(66)67)36(3)70-58(64)65)34-37-26-28-38(29-27-37)42-23-15-16-24-43(42)48-54-55-56-57(48)51(39-17-9-6-10-18-39,40-19-11-7-12-20-40)41-21-13-8-14-22-41/h6-24,26-29,35-36,46H,4-5,25,30-34H2,1-3H3/p+1/t35?,36-,46-,60?/m1/s1. The van der Waals surface area contributed by atoms with E-state index in [-0.39, 0.29) is 48.1 Å². The molecule has 19 nitrogen and oxygen atoms in total. The number of carboxylic acids is 1. The van der Waals surface area contributed by atoms with E-state index in [0.29, 0.717) is 24.5 Å². The van der Waals surface area contributed by atoms with Gasteiger partial charge in [-0.25, -0.2) is 18.8 Å². The summed E-state index contributed by atoms with van der Waals surface area (Å²) in [4.78, 5) is 61.6. The number of carbonyl (C=O) groups is 2. The fraction of sp³-hybridized carbons (Fsp3) is 0.294. The van der Waals surface area contributed by atoms with E-state index in [0.717, 1.165) is 45.4 Å². The van der Waals surface area contributed by atoms with Crippen LogP contribution >= 0.6 is 11.6 Å². The Morgan fingerprint density at radius 1 is 0.775 bits per heavy atom. The van der Waals surface area contributed by atoms with Crippen molar-refractivity contribution in [2.45, 2.75) is 70.7 Å². The van der Waals surface area contributed by atoms with Gasteiger partial charge in [0.25, 0.3) is 15.9 Å². The van der Waals surface area contributed by atoms with Crippen LogP contribution in [0.2, 0.25) is 0 Å². The molecule has 1 aliphatic rings. The number of carbonyl (C=O) groups excluding carboxylic acids is 1. The highest BCUT2D eigenvalue weighted by Crippen LogP contribution is 2.44. The maximum absolute atomic E-state index is 13.0. The molecule has 1 aliphatic heterocycles. The van der Waals surface area contributed by atoms with E-state index in [2.05, 4.69) is 61.4 Å². The quantitative estimate of drug-likeness (QED) is 0.0149. The number of aromatic nitrogens is 4. The van der Waals surface area contributed by atoms with E-state index in [9.17, 15) is 34.9 Å². The molecular weight excluding hydrogens is 936 g/mol. The molecule has 7 rings (SSSR count). The average molecular weight is 988 g/mol. The minimum absolute atomic E-state index is 0.00168. The van der Waals surface area contributed by atoms with Crippen LogP contribution in [0.4, 0.5) is 4.79 Å². The second-order valence-corrected chi connectivity index (χ2v) is 17.3. The molecule has 1 aromatic heterocycles. The lowest BCUT2D eigenvalue weighted by atomic mass is 9.77. The molecule has 0 amide bonds. The average Bonchev–Trinajstić information content (AvgIpc) is 3.96. The van der Waals surface area contributed by atoms with Gasteiger partial charge in [-0.05, 0) is 63.9 Å². The number of unbranched alkanes of at least 4 members (excludes halogenated alkanes) is 1. The van der Waals surface area contributed by atoms with Crippen molar-refractivity contribution in [2.75, 3.05) is 19.8 Å². The SMILES string of the molecule is CCCCC1=NC(Cl)=C(C(=O)O)[N+]1(CCOC(=O)OCCC(C)[C@@H](O[N+](=O)[O-])[C@@H](C)O[N+](=O)[O-])Cc1ccc(-c2ccccc2-c2nnnn2C(c2ccccc2)(c2ccccc2)c2ccccc2)cc1. The number of benzene rings is 5. The zero-order valence-corrected chi connectivity index (χ0v) is 39.9. The normalized spacial score (nSPS) is 15.8. The summed E-state index contributed by atoms with van der Waals surface area (Å²) < 4.78 is 12.3. The third-order valence-corrected chi connectivity index (χ3v) is 12.8. The Kier molecular flexibility index (Phi) is 16.5. The second-order valence-electron chi connectivity index (χ2n) is 16.9. The number of aliphatic carboxylic acids is 1. The molecule has 368 valence electrons. The monoisotopic (exact) mass is 987 g/mol. The Morgan fingerprint density at radius 2 is 1.32 bits per heavy atom. The minimum Gasteiger partial charge on any atom is -0.474 e. The molecular formula is C51H52ClN8O11+. The lowest BCUT2D eigenvalue weighted by Crippen LogP contribution is -2.53. The van der Waals surface area contributed by atoms with Gasteiger partial charge in [-0.2, -0.15) is 4.99 Å². The topological polar surface area (TPSA) is 234 Å². The van der Waals surface area contributed by atoms with E-state index >= 15 is 0 Å². The van der Waals surface area contributed by atoms with E-state index in [1.807, 2.05) is 115 Å². The number of halogens is 1. The van der Waals surface area contributed by atoms with E-state index in [4.69, 9.17) is 26.3 Å². The van der Waals surface area contributed by atoms with Crippen LogP contribution < -0.4 is 0 Å². The molecule has 0 saturated heterocycles. The summed E-state index contributed by atoms with van der Waals surface area (Å²) in [5, 5.41) is 44.0. The van der Waals surface area contributed by atoms with Gasteiger partial charge in [-0.1, -0.05) is 171 Å². The molecule has 0 fully saturated rings. The second kappa shape index (κ2) is 23.1. The van der Waals surface area contributed by atoms with E-state index in [1.54, 1.807) is 0 Å². The first-order valence-electron chi connectivity index (χ1n) is 22.9. The van der Waals surface area contributed by atoms with Crippen LogP contribution in [0.1, 0.15) is 68.7 Å². The summed E-state index contributed by atoms with van der Waals surface area (Å²) in [6, 6.07) is 45.9. The molecule has 71 heavy (non-hydrogen) atoms. The molecule has 5 aromatic carbocycles. The largest absolute Gasteiger partial charge is 0.508 e. The molecule has 0 bridgehead atoms. The number of ether oxygens (including phenoxy) is 2. The van der Waals surface area contributed by atoms with Crippen molar-refractivity contribution in [2.24, 2.45) is 10.9 Å². The van der Waals surface area contributed by atoms with Crippen LogP contribution in [-0.2, 0) is 36.0 Å². The number of carboxylic acid groups (broad SMARTS) is 1. The van der Waals surface area contributed by atoms with Gasteiger partial charge in [-0.3, -0.25) is 0 Å². The fourth-order valence-corrected chi connectivity index (χ4v) is 9.56. The third kappa shape index (κ3) is 11.2. The predicted molar refractivity (Wildman–Crippen MR) is 260 cm³/mol. The van der Waals surface area contributed by atoms with Crippen LogP contribution in [0, 0.1) is 26.1 Å². The third-order valence-electron chi connectivity index (χ3n) is 12.5. The highest BCUT2D eigenvalue weighted by Gasteiger charge is 2.49. The number of nitrogens with zero attached hydrogens (tertiary/aromatic N) is 8. The van der Waals surface area contributed by atoms with Crippen LogP contribution in [0.5, 0.6) is 0 Å². The number of aliphatic imine (C=N–C) groups is 1. The molecule has 0 aliphatic carbocycles. The lowest BCUT2D eigenvalue weighted by molar-refractivity contribution is -0.812. The highest BCUT2D eigenvalue weighted by atomic mass is 35.5. The van der Waals surface area contributed by atoms with E-state index in [1.165, 1.54) is 13.8 Å². The molecule has 1 N–H and O–H groups in total. The maximum Gasteiger partial charge on any atom is 0.508 e. The van der Waals surface area contributed by atoms with Crippen molar-refractivity contribution < 1.29 is 48.5 Å². The summed E-state index contributed by atoms with van der Waals surface area (Å²) >= 11 is 6.62. The molecule has 2 heterocycles. The summed E-state index contributed by atoms with van der Waals surface area (Å²) in [5.41, 5.74) is 4.86. The first kappa shape index (κ1) is 50.8. The van der Waals surface area contributed by atoms with Crippen molar-refractivity contribution in [3.63, 3.8) is 0 Å². The number of rotatable bonds is 24. The minimum atomic E-state index is -1.34. The summed E-state index contributed by atoms with van der Waals surface area (Å²) in [6.45, 7) is 4.20. The Bertz CT molecular complexity index is 2770. The number of tetrazole rings is 1. The molecule has 4 atom stereocenters. The summed E-state index contributed by atoms with van der Waals surface area (Å²) in [6.07, 6.45) is -1.85. The van der Waals surface area contributed by atoms with Crippen molar-refractivity contribution in [1.82, 2.24) is 20.2 Å². The van der Waals surface area contributed by atoms with Gasteiger partial charge in [0.15, 0.2) is 5.82 Å². The van der Waals surface area contributed by atoms with Gasteiger partial charge in [0.2, 0.25) is 11.0 Å². The van der Waals surface area contributed by atoms with Gasteiger partial charge in [0.05, 0.1) is 6.61 Å². The predicted octanol–water partition coefficient (Wildman–Crippen LogP) is 9.61. The molecule has 2 unspecified atom stereocenters. The molecule has 0 saturated carbocycles. The summed E-state index contributed by atoms with van der Waals surface area (Å²) in [7, 11) is 0. The Balaban J connectivity index is 1.16.